The number of rotatable bonds is 2. The largest absolute Gasteiger partial charge is 0.228 e. The van der Waals surface area contributed by atoms with Gasteiger partial charge in [0.2, 0.25) is 10.0 Å². The average molecular weight is 187 g/mol. The molecular weight excluding hydrogens is 174 g/mol. The molecule has 1 aliphatic carbocycles. The van der Waals surface area contributed by atoms with Crippen molar-refractivity contribution in [3.8, 4) is 11.8 Å². The fraction of sp³-hybridized carbons (Fsp3) is 0.750. The van der Waals surface area contributed by atoms with E-state index < -0.39 is 14.8 Å². The Hall–Kier alpha value is -0.530. The molecule has 0 heterocycles. The van der Waals surface area contributed by atoms with Gasteiger partial charge in [-0.15, -0.1) is 11.8 Å². The third kappa shape index (κ3) is 1.79. The molecule has 0 bridgehead atoms. The molecule has 0 aromatic heterocycles. The van der Waals surface area contributed by atoms with Gasteiger partial charge in [0.25, 0.3) is 0 Å². The molecule has 1 saturated carbocycles. The van der Waals surface area contributed by atoms with Gasteiger partial charge < -0.3 is 0 Å². The van der Waals surface area contributed by atoms with Gasteiger partial charge in [-0.3, -0.25) is 0 Å². The molecule has 3 nitrogen and oxygen atoms in total. The fourth-order valence-electron chi connectivity index (χ4n) is 1.05. The number of hydrogen-bond acceptors (Lipinski definition) is 2. The van der Waals surface area contributed by atoms with Crippen molar-refractivity contribution in [1.82, 2.24) is 0 Å². The van der Waals surface area contributed by atoms with Crippen molar-refractivity contribution in [3.63, 3.8) is 0 Å². The van der Waals surface area contributed by atoms with Crippen LogP contribution in [0.3, 0.4) is 0 Å². The van der Waals surface area contributed by atoms with E-state index in [0.717, 1.165) is 6.42 Å². The van der Waals surface area contributed by atoms with Crippen LogP contribution in [0.25, 0.3) is 0 Å². The molecule has 4 heteroatoms. The summed E-state index contributed by atoms with van der Waals surface area (Å²) in [5.74, 6) is 5.68. The van der Waals surface area contributed by atoms with Crippen LogP contribution in [0.5, 0.6) is 0 Å². The molecule has 0 aromatic rings. The Morgan fingerprint density at radius 3 is 2.33 bits per heavy atom. The normalized spacial score (nSPS) is 19.5. The van der Waals surface area contributed by atoms with Crippen LogP contribution in [0.1, 0.15) is 32.6 Å². The Morgan fingerprint density at radius 2 is 2.00 bits per heavy atom. The standard InChI is InChI=1S/C8H13NO2S/c1-2-3-4-5-8(6-7-8)12(9,10)11/h2,5-7H2,1H3,(H2,9,10,11). The molecule has 1 rings (SSSR count). The maximum atomic E-state index is 11.0. The Kier molecular flexibility index (Phi) is 2.45. The Bertz CT molecular complexity index is 317. The Balaban J connectivity index is 2.64. The molecule has 68 valence electrons. The lowest BCUT2D eigenvalue weighted by molar-refractivity contribution is 0.579. The summed E-state index contributed by atoms with van der Waals surface area (Å²) in [7, 11) is -3.37. The van der Waals surface area contributed by atoms with Gasteiger partial charge in [-0.05, 0) is 12.8 Å². The molecule has 0 amide bonds. The van der Waals surface area contributed by atoms with Crippen molar-refractivity contribution in [2.45, 2.75) is 37.4 Å². The monoisotopic (exact) mass is 187 g/mol. The van der Waals surface area contributed by atoms with E-state index in [0.29, 0.717) is 19.3 Å². The van der Waals surface area contributed by atoms with Crippen molar-refractivity contribution in [2.75, 3.05) is 0 Å². The zero-order valence-electron chi connectivity index (χ0n) is 7.13. The maximum absolute atomic E-state index is 11.0. The van der Waals surface area contributed by atoms with E-state index in [4.69, 9.17) is 5.14 Å². The minimum atomic E-state index is -3.37. The van der Waals surface area contributed by atoms with E-state index in [1.807, 2.05) is 6.92 Å². The van der Waals surface area contributed by atoms with Crippen LogP contribution in [0.4, 0.5) is 0 Å². The summed E-state index contributed by atoms with van der Waals surface area (Å²) in [6, 6.07) is 0. The topological polar surface area (TPSA) is 60.2 Å². The summed E-state index contributed by atoms with van der Waals surface area (Å²) >= 11 is 0. The highest BCUT2D eigenvalue weighted by atomic mass is 32.2. The number of sulfonamides is 1. The van der Waals surface area contributed by atoms with Gasteiger partial charge in [0.1, 0.15) is 0 Å². The van der Waals surface area contributed by atoms with E-state index in [9.17, 15) is 8.42 Å². The summed E-state index contributed by atoms with van der Waals surface area (Å²) in [6.45, 7) is 1.93. The van der Waals surface area contributed by atoms with Crippen molar-refractivity contribution < 1.29 is 8.42 Å². The molecule has 1 fully saturated rings. The van der Waals surface area contributed by atoms with Crippen LogP contribution in [-0.2, 0) is 10.0 Å². The van der Waals surface area contributed by atoms with Crippen molar-refractivity contribution in [1.29, 1.82) is 0 Å². The van der Waals surface area contributed by atoms with Crippen molar-refractivity contribution in [2.24, 2.45) is 5.14 Å². The zero-order chi connectivity index (χ0) is 9.24. The highest BCUT2D eigenvalue weighted by molar-refractivity contribution is 7.90. The predicted molar refractivity (Wildman–Crippen MR) is 47.8 cm³/mol. The summed E-state index contributed by atoms with van der Waals surface area (Å²) < 4.78 is 21.4. The summed E-state index contributed by atoms with van der Waals surface area (Å²) in [5.41, 5.74) is 0. The molecule has 0 unspecified atom stereocenters. The summed E-state index contributed by atoms with van der Waals surface area (Å²) in [6.07, 6.45) is 2.51. The Labute approximate surface area is 73.4 Å². The molecular formula is C8H13NO2S. The lowest BCUT2D eigenvalue weighted by Gasteiger charge is -2.06. The quantitative estimate of drug-likeness (QED) is 0.644. The molecule has 2 N–H and O–H groups in total. The lowest BCUT2D eigenvalue weighted by Crippen LogP contribution is -2.29. The molecule has 12 heavy (non-hydrogen) atoms. The van der Waals surface area contributed by atoms with Gasteiger partial charge in [-0.2, -0.15) is 0 Å². The molecule has 0 atom stereocenters. The van der Waals surface area contributed by atoms with Crippen molar-refractivity contribution in [3.05, 3.63) is 0 Å². The average Bonchev–Trinajstić information content (AvgIpc) is 2.67. The fourth-order valence-corrected chi connectivity index (χ4v) is 1.99. The molecule has 0 radical (unpaired) electrons. The van der Waals surface area contributed by atoms with Gasteiger partial charge in [0.15, 0.2) is 0 Å². The Morgan fingerprint density at radius 1 is 1.42 bits per heavy atom. The predicted octanol–water partition coefficient (Wildman–Crippen LogP) is 0.611. The van der Waals surface area contributed by atoms with E-state index in [-0.39, 0.29) is 0 Å². The number of primary sulfonamides is 1. The van der Waals surface area contributed by atoms with Gasteiger partial charge in [-0.1, -0.05) is 6.92 Å². The zero-order valence-corrected chi connectivity index (χ0v) is 7.95. The SMILES string of the molecule is CCC#CCC1(S(N)(=O)=O)CC1. The second-order valence-corrected chi connectivity index (χ2v) is 5.07. The molecule has 0 saturated heterocycles. The van der Waals surface area contributed by atoms with E-state index in [1.165, 1.54) is 0 Å². The van der Waals surface area contributed by atoms with E-state index in [2.05, 4.69) is 11.8 Å². The third-order valence-electron chi connectivity index (χ3n) is 2.12. The minimum absolute atomic E-state index is 0.402. The van der Waals surface area contributed by atoms with Crippen LogP contribution in [0, 0.1) is 11.8 Å². The van der Waals surface area contributed by atoms with Gasteiger partial charge in [0, 0.05) is 12.8 Å². The smallest absolute Gasteiger partial charge is 0.215 e. The van der Waals surface area contributed by atoms with Gasteiger partial charge in [0.05, 0.1) is 4.75 Å². The van der Waals surface area contributed by atoms with E-state index in [1.54, 1.807) is 0 Å². The summed E-state index contributed by atoms with van der Waals surface area (Å²) in [4.78, 5) is 0. The lowest BCUT2D eigenvalue weighted by atomic mass is 10.3. The molecule has 0 spiro atoms. The third-order valence-corrected chi connectivity index (χ3v) is 3.88. The molecule has 0 aliphatic heterocycles. The van der Waals surface area contributed by atoms with Crippen LogP contribution in [0.15, 0.2) is 0 Å². The van der Waals surface area contributed by atoms with Crippen molar-refractivity contribution >= 4 is 10.0 Å². The first kappa shape index (κ1) is 9.56. The first-order valence-corrected chi connectivity index (χ1v) is 5.54. The van der Waals surface area contributed by atoms with Crippen LogP contribution >= 0.6 is 0 Å². The molecule has 1 aliphatic rings. The van der Waals surface area contributed by atoms with Crippen LogP contribution in [-0.4, -0.2) is 13.2 Å². The number of nitrogens with two attached hydrogens (primary N) is 1. The van der Waals surface area contributed by atoms with Crippen LogP contribution in [0.2, 0.25) is 0 Å². The first-order valence-electron chi connectivity index (χ1n) is 4.00. The van der Waals surface area contributed by atoms with Gasteiger partial charge in [-0.25, -0.2) is 13.6 Å². The van der Waals surface area contributed by atoms with Gasteiger partial charge >= 0.3 is 0 Å². The first-order chi connectivity index (χ1) is 5.52. The second kappa shape index (κ2) is 3.08. The minimum Gasteiger partial charge on any atom is -0.228 e. The second-order valence-electron chi connectivity index (χ2n) is 3.11. The highest BCUT2D eigenvalue weighted by Crippen LogP contribution is 2.44. The highest BCUT2D eigenvalue weighted by Gasteiger charge is 2.52. The number of hydrogen-bond donors (Lipinski definition) is 1. The molecule has 0 aromatic carbocycles. The summed E-state index contributed by atoms with van der Waals surface area (Å²) in [5, 5.41) is 5.06. The van der Waals surface area contributed by atoms with Crippen LogP contribution < -0.4 is 5.14 Å². The maximum Gasteiger partial charge on any atom is 0.215 e. The van der Waals surface area contributed by atoms with E-state index >= 15 is 0 Å².